The number of phenols is 1. The van der Waals surface area contributed by atoms with Crippen molar-refractivity contribution in [1.29, 1.82) is 0 Å². The van der Waals surface area contributed by atoms with Crippen molar-refractivity contribution >= 4 is 8.07 Å². The first-order valence-electron chi connectivity index (χ1n) is 5.17. The fourth-order valence-electron chi connectivity index (χ4n) is 1.87. The fraction of sp³-hybridized carbons (Fsp3) is 0.500. The Balaban J connectivity index is 2.74. The van der Waals surface area contributed by atoms with E-state index in [9.17, 15) is 5.11 Å². The first-order valence-corrected chi connectivity index (χ1v) is 8.88. The molecule has 2 heteroatoms. The molecule has 78 valence electrons. The zero-order valence-corrected chi connectivity index (χ0v) is 10.5. The molecule has 0 saturated carbocycles. The van der Waals surface area contributed by atoms with Gasteiger partial charge in [0.15, 0.2) is 0 Å². The zero-order chi connectivity index (χ0) is 10.8. The molecule has 1 unspecified atom stereocenters. The van der Waals surface area contributed by atoms with Gasteiger partial charge in [0.1, 0.15) is 5.75 Å². The molecule has 0 spiro atoms. The van der Waals surface area contributed by atoms with Crippen molar-refractivity contribution in [3.05, 3.63) is 29.8 Å². The summed E-state index contributed by atoms with van der Waals surface area (Å²) in [5, 5.41) is 9.37. The summed E-state index contributed by atoms with van der Waals surface area (Å²) in [7, 11) is -1.00. The summed E-state index contributed by atoms with van der Waals surface area (Å²) >= 11 is 0. The summed E-state index contributed by atoms with van der Waals surface area (Å²) in [5.41, 5.74) is 1.26. The third-order valence-corrected chi connectivity index (χ3v) is 4.19. The van der Waals surface area contributed by atoms with E-state index in [0.717, 1.165) is 0 Å². The molecular formula is C12H20OSi. The highest BCUT2D eigenvalue weighted by atomic mass is 28.3. The SMILES string of the molecule is CC(C[Si](C)(C)C)c1cccc(O)c1. The standard InChI is InChI=1S/C12H20OSi/c1-10(9-14(2,3)4)11-6-5-7-12(13)8-11/h5-8,10,13H,9H2,1-4H3. The Kier molecular flexibility index (Phi) is 3.37. The Labute approximate surface area is 87.8 Å². The van der Waals surface area contributed by atoms with E-state index in [4.69, 9.17) is 0 Å². The maximum Gasteiger partial charge on any atom is 0.115 e. The van der Waals surface area contributed by atoms with Crippen LogP contribution in [0.15, 0.2) is 24.3 Å². The first kappa shape index (κ1) is 11.3. The summed E-state index contributed by atoms with van der Waals surface area (Å²) in [6, 6.07) is 8.90. The molecule has 1 aromatic carbocycles. The number of aromatic hydroxyl groups is 1. The molecule has 1 N–H and O–H groups in total. The Morgan fingerprint density at radius 2 is 1.93 bits per heavy atom. The second-order valence-electron chi connectivity index (χ2n) is 5.26. The Morgan fingerprint density at radius 1 is 1.29 bits per heavy atom. The molecule has 0 fully saturated rings. The monoisotopic (exact) mass is 208 g/mol. The van der Waals surface area contributed by atoms with Crippen molar-refractivity contribution in [2.75, 3.05) is 0 Å². The highest BCUT2D eigenvalue weighted by Gasteiger charge is 2.18. The van der Waals surface area contributed by atoms with Crippen LogP contribution in [0.25, 0.3) is 0 Å². The lowest BCUT2D eigenvalue weighted by Crippen LogP contribution is -2.21. The van der Waals surface area contributed by atoms with Gasteiger partial charge in [-0.2, -0.15) is 0 Å². The lowest BCUT2D eigenvalue weighted by Gasteiger charge is -2.21. The fourth-order valence-corrected chi connectivity index (χ4v) is 3.94. The summed E-state index contributed by atoms with van der Waals surface area (Å²) < 4.78 is 0. The predicted octanol–water partition coefficient (Wildman–Crippen LogP) is 3.83. The van der Waals surface area contributed by atoms with E-state index in [-0.39, 0.29) is 0 Å². The molecule has 1 rings (SSSR count). The van der Waals surface area contributed by atoms with Crippen molar-refractivity contribution in [1.82, 2.24) is 0 Å². The van der Waals surface area contributed by atoms with E-state index >= 15 is 0 Å². The lowest BCUT2D eigenvalue weighted by molar-refractivity contribution is 0.474. The summed E-state index contributed by atoms with van der Waals surface area (Å²) in [5.74, 6) is 0.943. The summed E-state index contributed by atoms with van der Waals surface area (Å²) in [4.78, 5) is 0. The smallest absolute Gasteiger partial charge is 0.115 e. The quantitative estimate of drug-likeness (QED) is 0.748. The Morgan fingerprint density at radius 3 is 2.43 bits per heavy atom. The molecule has 0 aliphatic heterocycles. The number of phenolic OH excluding ortho intramolecular Hbond substituents is 1. The highest BCUT2D eigenvalue weighted by molar-refractivity contribution is 6.76. The zero-order valence-electron chi connectivity index (χ0n) is 9.54. The van der Waals surface area contributed by atoms with Gasteiger partial charge in [0.25, 0.3) is 0 Å². The van der Waals surface area contributed by atoms with Crippen LogP contribution in [0.1, 0.15) is 18.4 Å². The minimum absolute atomic E-state index is 0.380. The van der Waals surface area contributed by atoms with Crippen molar-refractivity contribution in [3.63, 3.8) is 0 Å². The predicted molar refractivity (Wildman–Crippen MR) is 64.7 cm³/mol. The average molecular weight is 208 g/mol. The van der Waals surface area contributed by atoms with Crippen LogP contribution in [0.5, 0.6) is 5.75 Å². The van der Waals surface area contributed by atoms with Crippen LogP contribution >= 0.6 is 0 Å². The van der Waals surface area contributed by atoms with Crippen LogP contribution in [0, 0.1) is 0 Å². The minimum atomic E-state index is -1.00. The van der Waals surface area contributed by atoms with Crippen molar-refractivity contribution < 1.29 is 5.11 Å². The van der Waals surface area contributed by atoms with E-state index in [1.165, 1.54) is 11.6 Å². The van der Waals surface area contributed by atoms with Crippen LogP contribution in [0.2, 0.25) is 25.7 Å². The number of hydrogen-bond donors (Lipinski definition) is 1. The van der Waals surface area contributed by atoms with E-state index in [1.54, 1.807) is 6.07 Å². The van der Waals surface area contributed by atoms with Gasteiger partial charge in [0.2, 0.25) is 0 Å². The molecule has 14 heavy (non-hydrogen) atoms. The topological polar surface area (TPSA) is 20.2 Å². The van der Waals surface area contributed by atoms with Crippen LogP contribution in [0.3, 0.4) is 0 Å². The van der Waals surface area contributed by atoms with Crippen LogP contribution in [-0.4, -0.2) is 13.2 Å². The highest BCUT2D eigenvalue weighted by Crippen LogP contribution is 2.27. The molecule has 0 aliphatic rings. The molecule has 1 aromatic rings. The molecule has 0 bridgehead atoms. The second-order valence-corrected chi connectivity index (χ2v) is 10.8. The van der Waals surface area contributed by atoms with E-state index in [1.807, 2.05) is 12.1 Å². The minimum Gasteiger partial charge on any atom is -0.508 e. The van der Waals surface area contributed by atoms with Gasteiger partial charge in [0.05, 0.1) is 0 Å². The van der Waals surface area contributed by atoms with Gasteiger partial charge in [-0.25, -0.2) is 0 Å². The molecule has 0 saturated heterocycles. The van der Waals surface area contributed by atoms with Crippen molar-refractivity contribution in [2.45, 2.75) is 38.5 Å². The van der Waals surface area contributed by atoms with Crippen LogP contribution in [-0.2, 0) is 0 Å². The molecule has 0 heterocycles. The third-order valence-electron chi connectivity index (χ3n) is 2.36. The van der Waals surface area contributed by atoms with Gasteiger partial charge in [-0.1, -0.05) is 44.7 Å². The number of benzene rings is 1. The molecule has 1 atom stereocenters. The van der Waals surface area contributed by atoms with Gasteiger partial charge in [-0.05, 0) is 23.6 Å². The lowest BCUT2D eigenvalue weighted by atomic mass is 10.0. The normalized spacial score (nSPS) is 14.0. The van der Waals surface area contributed by atoms with E-state index < -0.39 is 8.07 Å². The van der Waals surface area contributed by atoms with Gasteiger partial charge < -0.3 is 5.11 Å². The molecule has 0 aliphatic carbocycles. The molecular weight excluding hydrogens is 188 g/mol. The number of rotatable bonds is 3. The van der Waals surface area contributed by atoms with E-state index in [0.29, 0.717) is 11.7 Å². The largest absolute Gasteiger partial charge is 0.508 e. The maximum atomic E-state index is 9.37. The summed E-state index contributed by atoms with van der Waals surface area (Å²) in [6.45, 7) is 9.39. The van der Waals surface area contributed by atoms with Gasteiger partial charge in [0, 0.05) is 8.07 Å². The molecule has 0 aromatic heterocycles. The van der Waals surface area contributed by atoms with Crippen molar-refractivity contribution in [2.24, 2.45) is 0 Å². The Hall–Kier alpha value is -0.763. The second kappa shape index (κ2) is 4.18. The van der Waals surface area contributed by atoms with E-state index in [2.05, 4.69) is 32.6 Å². The number of hydrogen-bond acceptors (Lipinski definition) is 1. The summed E-state index contributed by atoms with van der Waals surface area (Å²) in [6.07, 6.45) is 0. The molecule has 0 amide bonds. The third kappa shape index (κ3) is 3.54. The first-order chi connectivity index (χ1) is 6.38. The van der Waals surface area contributed by atoms with Crippen LogP contribution in [0.4, 0.5) is 0 Å². The maximum absolute atomic E-state index is 9.37. The van der Waals surface area contributed by atoms with Crippen molar-refractivity contribution in [3.8, 4) is 5.75 Å². The van der Waals surface area contributed by atoms with Gasteiger partial charge in [-0.3, -0.25) is 0 Å². The van der Waals surface area contributed by atoms with Gasteiger partial charge in [-0.15, -0.1) is 0 Å². The Bertz CT molecular complexity index is 301. The molecule has 1 nitrogen and oxygen atoms in total. The molecule has 0 radical (unpaired) electrons. The van der Waals surface area contributed by atoms with Crippen LogP contribution < -0.4 is 0 Å². The van der Waals surface area contributed by atoms with Gasteiger partial charge >= 0.3 is 0 Å². The average Bonchev–Trinajstić information content (AvgIpc) is 2.01.